The van der Waals surface area contributed by atoms with Crippen LogP contribution in [0.3, 0.4) is 0 Å². The van der Waals surface area contributed by atoms with Gasteiger partial charge in [0, 0.05) is 6.20 Å². The third kappa shape index (κ3) is 0.556. The van der Waals surface area contributed by atoms with Crippen molar-refractivity contribution in [2.75, 3.05) is 0 Å². The molecule has 2 N–H and O–H groups in total. The van der Waals surface area contributed by atoms with Crippen LogP contribution in [0.1, 0.15) is 0 Å². The number of nitrogens with one attached hydrogen (secondary N) is 2. The van der Waals surface area contributed by atoms with Crippen molar-refractivity contribution in [3.63, 3.8) is 0 Å². The zero-order valence-corrected chi connectivity index (χ0v) is 5.09. The number of H-pyrrole nitrogens is 2. The first-order valence-electron chi connectivity index (χ1n) is 2.89. The molecule has 2 aromatic heterocycles. The van der Waals surface area contributed by atoms with Gasteiger partial charge in [-0.3, -0.25) is 15.0 Å². The Morgan fingerprint density at radius 3 is 3.10 bits per heavy atom. The van der Waals surface area contributed by atoms with Crippen LogP contribution in [0.4, 0.5) is 0 Å². The van der Waals surface area contributed by atoms with Crippen LogP contribution in [-0.4, -0.2) is 15.2 Å². The van der Waals surface area contributed by atoms with E-state index in [1.165, 1.54) is 0 Å². The maximum atomic E-state index is 10.9. The normalized spacial score (nSPS) is 10.4. The van der Waals surface area contributed by atoms with E-state index in [9.17, 15) is 4.79 Å². The van der Waals surface area contributed by atoms with Gasteiger partial charge in [-0.1, -0.05) is 0 Å². The average Bonchev–Trinajstić information content (AvgIpc) is 2.34. The van der Waals surface area contributed by atoms with Crippen LogP contribution < -0.4 is 5.56 Å². The molecule has 0 unspecified atom stereocenters. The molecule has 50 valence electrons. The number of aromatic amines is 2. The summed E-state index contributed by atoms with van der Waals surface area (Å²) in [6, 6.07) is 3.45. The van der Waals surface area contributed by atoms with Gasteiger partial charge in [-0.05, 0) is 12.1 Å². The molecule has 0 aliphatic rings. The van der Waals surface area contributed by atoms with Gasteiger partial charge in [0.15, 0.2) is 5.65 Å². The number of hydrogen-bond acceptors (Lipinski definition) is 2. The van der Waals surface area contributed by atoms with Gasteiger partial charge in [0.05, 0.1) is 5.39 Å². The molecule has 0 bridgehead atoms. The van der Waals surface area contributed by atoms with E-state index >= 15 is 0 Å². The molecule has 10 heavy (non-hydrogen) atoms. The maximum Gasteiger partial charge on any atom is 0.273 e. The summed E-state index contributed by atoms with van der Waals surface area (Å²) >= 11 is 0. The lowest BCUT2D eigenvalue weighted by Crippen LogP contribution is -1.96. The predicted molar refractivity (Wildman–Crippen MR) is 36.7 cm³/mol. The van der Waals surface area contributed by atoms with Crippen LogP contribution in [0.5, 0.6) is 0 Å². The first-order chi connectivity index (χ1) is 4.88. The van der Waals surface area contributed by atoms with E-state index in [4.69, 9.17) is 0 Å². The van der Waals surface area contributed by atoms with E-state index < -0.39 is 0 Å². The highest BCUT2D eigenvalue weighted by Crippen LogP contribution is 1.98. The number of hydrogen-bond donors (Lipinski definition) is 2. The number of nitrogens with zero attached hydrogens (tertiary/aromatic N) is 1. The molecule has 0 fully saturated rings. The average molecular weight is 135 g/mol. The molecule has 0 radical (unpaired) electrons. The third-order valence-corrected chi connectivity index (χ3v) is 1.35. The SMILES string of the molecule is O=c1[nH][nH]c2ncccc12. The Kier molecular flexibility index (Phi) is 0.887. The van der Waals surface area contributed by atoms with Gasteiger partial charge in [0.1, 0.15) is 0 Å². The van der Waals surface area contributed by atoms with Crippen LogP contribution in [0.15, 0.2) is 23.1 Å². The lowest BCUT2D eigenvalue weighted by molar-refractivity contribution is 1.06. The van der Waals surface area contributed by atoms with Crippen LogP contribution in [0, 0.1) is 0 Å². The topological polar surface area (TPSA) is 61.5 Å². The van der Waals surface area contributed by atoms with E-state index in [-0.39, 0.29) is 5.56 Å². The van der Waals surface area contributed by atoms with Crippen molar-refractivity contribution in [3.05, 3.63) is 28.7 Å². The molecular formula is C6H5N3O. The largest absolute Gasteiger partial charge is 0.281 e. The highest BCUT2D eigenvalue weighted by atomic mass is 16.1. The standard InChI is InChI=1S/C6H5N3O/c10-6-4-2-1-3-7-5(4)8-9-6/h1-3H,(H2,7,8,9,10). The van der Waals surface area contributed by atoms with Gasteiger partial charge in [-0.15, -0.1) is 0 Å². The van der Waals surface area contributed by atoms with Gasteiger partial charge in [-0.2, -0.15) is 0 Å². The molecular weight excluding hydrogens is 130 g/mol. The maximum absolute atomic E-state index is 10.9. The molecule has 0 aliphatic heterocycles. The molecule has 0 saturated carbocycles. The Labute approximate surface area is 55.9 Å². The van der Waals surface area contributed by atoms with E-state index in [1.807, 2.05) is 0 Å². The summed E-state index contributed by atoms with van der Waals surface area (Å²) in [5.41, 5.74) is 0.482. The van der Waals surface area contributed by atoms with Gasteiger partial charge in [-0.25, -0.2) is 4.98 Å². The predicted octanol–water partition coefficient (Wildman–Crippen LogP) is 0.251. The molecule has 0 aromatic carbocycles. The number of fused-ring (bicyclic) bond motifs is 1. The number of pyridine rings is 1. The Morgan fingerprint density at radius 1 is 1.40 bits per heavy atom. The molecule has 2 aromatic rings. The van der Waals surface area contributed by atoms with Gasteiger partial charge in [0.2, 0.25) is 0 Å². The zero-order valence-electron chi connectivity index (χ0n) is 5.09. The summed E-state index contributed by atoms with van der Waals surface area (Å²) in [5, 5.41) is 5.67. The second kappa shape index (κ2) is 1.70. The zero-order chi connectivity index (χ0) is 6.97. The van der Waals surface area contributed by atoms with Gasteiger partial charge < -0.3 is 0 Å². The monoisotopic (exact) mass is 135 g/mol. The molecule has 0 amide bonds. The minimum Gasteiger partial charge on any atom is -0.281 e. The third-order valence-electron chi connectivity index (χ3n) is 1.35. The molecule has 0 atom stereocenters. The quantitative estimate of drug-likeness (QED) is 0.544. The fourth-order valence-corrected chi connectivity index (χ4v) is 0.871. The van der Waals surface area contributed by atoms with Crippen molar-refractivity contribution in [2.45, 2.75) is 0 Å². The summed E-state index contributed by atoms with van der Waals surface area (Å²) < 4.78 is 0. The Bertz CT molecular complexity index is 400. The second-order valence-electron chi connectivity index (χ2n) is 1.98. The highest BCUT2D eigenvalue weighted by molar-refractivity contribution is 5.72. The molecule has 0 saturated heterocycles. The van der Waals surface area contributed by atoms with Crippen molar-refractivity contribution in [2.24, 2.45) is 0 Å². The Balaban J connectivity index is 3.07. The van der Waals surface area contributed by atoms with Crippen LogP contribution in [-0.2, 0) is 0 Å². The smallest absolute Gasteiger partial charge is 0.273 e. The van der Waals surface area contributed by atoms with E-state index in [0.29, 0.717) is 11.0 Å². The first-order valence-corrected chi connectivity index (χ1v) is 2.89. The summed E-state index contributed by atoms with van der Waals surface area (Å²) in [6.45, 7) is 0. The Hall–Kier alpha value is -1.58. The molecule has 4 nitrogen and oxygen atoms in total. The summed E-state index contributed by atoms with van der Waals surface area (Å²) in [4.78, 5) is 14.8. The van der Waals surface area contributed by atoms with Crippen LogP contribution in [0.25, 0.3) is 11.0 Å². The van der Waals surface area contributed by atoms with Crippen LogP contribution in [0.2, 0.25) is 0 Å². The fourth-order valence-electron chi connectivity index (χ4n) is 0.871. The summed E-state index contributed by atoms with van der Waals surface area (Å²) in [6.07, 6.45) is 1.63. The molecule has 2 rings (SSSR count). The van der Waals surface area contributed by atoms with Crippen molar-refractivity contribution in [1.82, 2.24) is 15.2 Å². The molecule has 2 heterocycles. The highest BCUT2D eigenvalue weighted by Gasteiger charge is 1.96. The van der Waals surface area contributed by atoms with Crippen molar-refractivity contribution >= 4 is 11.0 Å². The Morgan fingerprint density at radius 2 is 2.30 bits per heavy atom. The number of rotatable bonds is 0. The van der Waals surface area contributed by atoms with Crippen molar-refractivity contribution in [3.8, 4) is 0 Å². The fraction of sp³-hybridized carbons (Fsp3) is 0. The molecule has 0 aliphatic carbocycles. The minimum absolute atomic E-state index is 0.122. The molecule has 0 spiro atoms. The summed E-state index contributed by atoms with van der Waals surface area (Å²) in [5.74, 6) is 0. The van der Waals surface area contributed by atoms with Crippen molar-refractivity contribution < 1.29 is 0 Å². The summed E-state index contributed by atoms with van der Waals surface area (Å²) in [7, 11) is 0. The van der Waals surface area contributed by atoms with E-state index in [2.05, 4.69) is 15.2 Å². The minimum atomic E-state index is -0.122. The van der Waals surface area contributed by atoms with Gasteiger partial charge >= 0.3 is 0 Å². The van der Waals surface area contributed by atoms with Crippen LogP contribution >= 0.6 is 0 Å². The van der Waals surface area contributed by atoms with Crippen molar-refractivity contribution in [1.29, 1.82) is 0 Å². The molecule has 4 heteroatoms. The lowest BCUT2D eigenvalue weighted by atomic mass is 10.4. The second-order valence-corrected chi connectivity index (χ2v) is 1.98. The lowest BCUT2D eigenvalue weighted by Gasteiger charge is -1.80. The number of aromatic nitrogens is 3. The van der Waals surface area contributed by atoms with Gasteiger partial charge in [0.25, 0.3) is 5.56 Å². The van der Waals surface area contributed by atoms with E-state index in [1.54, 1.807) is 18.3 Å². The van der Waals surface area contributed by atoms with E-state index in [0.717, 1.165) is 0 Å². The first kappa shape index (κ1) is 5.22.